The molecule has 1 saturated heterocycles. The number of H-pyrrole nitrogens is 1. The van der Waals surface area contributed by atoms with E-state index in [1.807, 2.05) is 37.5 Å². The van der Waals surface area contributed by atoms with Crippen molar-refractivity contribution in [2.75, 3.05) is 13.1 Å². The second-order valence-electron chi connectivity index (χ2n) is 8.08. The van der Waals surface area contributed by atoms with Crippen molar-refractivity contribution in [2.24, 2.45) is 0 Å². The average Bonchev–Trinajstić information content (AvgIpc) is 3.19. The average molecular weight is 411 g/mol. The summed E-state index contributed by atoms with van der Waals surface area (Å²) < 4.78 is 3.18. The number of benzene rings is 1. The minimum Gasteiger partial charge on any atom is -0.389 e. The molecule has 0 unspecified atom stereocenters. The summed E-state index contributed by atoms with van der Waals surface area (Å²) in [5.41, 5.74) is 3.34. The third-order valence-corrected chi connectivity index (χ3v) is 5.96. The van der Waals surface area contributed by atoms with Gasteiger partial charge in [0, 0.05) is 24.8 Å². The van der Waals surface area contributed by atoms with E-state index in [-0.39, 0.29) is 25.5 Å². The van der Waals surface area contributed by atoms with Crippen LogP contribution < -0.4 is 11.2 Å². The standard InChI is InChI=1S/C21H25N5O4/c1-11-5-15-16(6-12(11)2)25(14(4)22-15)10-19(28)24-8-17(18(27)9-24)26-7-13(3)20(29)23-21(26)30/h5-7,17-18,27H,8-10H2,1-4H3,(H,23,29,30)/t17-,18-/m1/s1. The Labute approximate surface area is 172 Å². The number of aromatic amines is 1. The van der Waals surface area contributed by atoms with E-state index in [1.165, 1.54) is 10.8 Å². The normalized spacial score (nSPS) is 19.0. The Balaban J connectivity index is 1.59. The molecular weight excluding hydrogens is 386 g/mol. The highest BCUT2D eigenvalue weighted by atomic mass is 16.3. The van der Waals surface area contributed by atoms with Gasteiger partial charge >= 0.3 is 5.69 Å². The number of nitrogens with one attached hydrogen (secondary N) is 1. The summed E-state index contributed by atoms with van der Waals surface area (Å²) in [5.74, 6) is 0.582. The summed E-state index contributed by atoms with van der Waals surface area (Å²) in [6.45, 7) is 7.92. The van der Waals surface area contributed by atoms with Crippen molar-refractivity contribution in [2.45, 2.75) is 46.4 Å². The summed E-state index contributed by atoms with van der Waals surface area (Å²) in [6.07, 6.45) is 0.532. The number of imidazole rings is 1. The maximum atomic E-state index is 13.0. The van der Waals surface area contributed by atoms with E-state index in [1.54, 1.807) is 11.8 Å². The first-order valence-electron chi connectivity index (χ1n) is 9.87. The van der Waals surface area contributed by atoms with Crippen LogP contribution in [0.5, 0.6) is 0 Å². The molecule has 9 heteroatoms. The predicted octanol–water partition coefficient (Wildman–Crippen LogP) is 0.564. The quantitative estimate of drug-likeness (QED) is 0.654. The molecule has 2 aromatic heterocycles. The van der Waals surface area contributed by atoms with Gasteiger partial charge in [-0.2, -0.15) is 0 Å². The molecule has 1 aliphatic rings. The summed E-state index contributed by atoms with van der Waals surface area (Å²) in [6, 6.07) is 3.43. The lowest BCUT2D eigenvalue weighted by Gasteiger charge is -2.18. The van der Waals surface area contributed by atoms with Gasteiger partial charge in [0.05, 0.1) is 23.2 Å². The molecule has 0 radical (unpaired) electrons. The van der Waals surface area contributed by atoms with Crippen LogP contribution in [0.3, 0.4) is 0 Å². The monoisotopic (exact) mass is 411 g/mol. The van der Waals surface area contributed by atoms with Gasteiger partial charge in [0.15, 0.2) is 0 Å². The molecule has 2 N–H and O–H groups in total. The molecule has 3 heterocycles. The molecule has 30 heavy (non-hydrogen) atoms. The predicted molar refractivity (Wildman–Crippen MR) is 112 cm³/mol. The molecule has 0 aliphatic carbocycles. The van der Waals surface area contributed by atoms with Gasteiger partial charge in [-0.3, -0.25) is 19.1 Å². The van der Waals surface area contributed by atoms with Crippen molar-refractivity contribution in [3.8, 4) is 0 Å². The van der Waals surface area contributed by atoms with Gasteiger partial charge < -0.3 is 14.6 Å². The number of aliphatic hydroxyl groups is 1. The van der Waals surface area contributed by atoms with Gasteiger partial charge in [-0.05, 0) is 51.0 Å². The fourth-order valence-corrected chi connectivity index (χ4v) is 4.01. The number of aryl methyl sites for hydroxylation is 4. The van der Waals surface area contributed by atoms with Crippen molar-refractivity contribution < 1.29 is 9.90 Å². The van der Waals surface area contributed by atoms with Crippen LogP contribution in [0.1, 0.15) is 28.6 Å². The smallest absolute Gasteiger partial charge is 0.328 e. The number of carbonyl (C=O) groups is 1. The summed E-state index contributed by atoms with van der Waals surface area (Å²) in [4.78, 5) is 45.2. The minimum absolute atomic E-state index is 0.101. The molecule has 9 nitrogen and oxygen atoms in total. The lowest BCUT2D eigenvalue weighted by Crippen LogP contribution is -2.37. The molecule has 3 aromatic rings. The Kier molecular flexibility index (Phi) is 4.85. The molecule has 2 atom stereocenters. The van der Waals surface area contributed by atoms with E-state index in [2.05, 4.69) is 9.97 Å². The Hall–Kier alpha value is -3.20. The lowest BCUT2D eigenvalue weighted by atomic mass is 10.1. The number of likely N-dealkylation sites (tertiary alicyclic amines) is 1. The van der Waals surface area contributed by atoms with E-state index < -0.39 is 23.4 Å². The van der Waals surface area contributed by atoms with Crippen LogP contribution in [0.2, 0.25) is 0 Å². The van der Waals surface area contributed by atoms with E-state index in [0.717, 1.165) is 28.0 Å². The number of aromatic nitrogens is 4. The third-order valence-electron chi connectivity index (χ3n) is 5.96. The second-order valence-corrected chi connectivity index (χ2v) is 8.08. The summed E-state index contributed by atoms with van der Waals surface area (Å²) in [7, 11) is 0. The topological polar surface area (TPSA) is 113 Å². The SMILES string of the molecule is Cc1cc2nc(C)n(CC(=O)N3C[C@@H](O)[C@H](n4cc(C)c(=O)[nH]c4=O)C3)c2cc1C. The van der Waals surface area contributed by atoms with Gasteiger partial charge in [0.2, 0.25) is 5.91 Å². The van der Waals surface area contributed by atoms with E-state index >= 15 is 0 Å². The zero-order valence-corrected chi connectivity index (χ0v) is 17.5. The van der Waals surface area contributed by atoms with E-state index in [0.29, 0.717) is 5.56 Å². The van der Waals surface area contributed by atoms with Crippen molar-refractivity contribution in [1.29, 1.82) is 0 Å². The van der Waals surface area contributed by atoms with E-state index in [4.69, 9.17) is 0 Å². The zero-order chi connectivity index (χ0) is 21.7. The fourth-order valence-electron chi connectivity index (χ4n) is 4.01. The van der Waals surface area contributed by atoms with Crippen molar-refractivity contribution in [3.05, 3.63) is 61.7 Å². The first kappa shape index (κ1) is 20.1. The second kappa shape index (κ2) is 7.24. The van der Waals surface area contributed by atoms with Crippen LogP contribution >= 0.6 is 0 Å². The maximum Gasteiger partial charge on any atom is 0.328 e. The van der Waals surface area contributed by atoms with Crippen LogP contribution in [0.4, 0.5) is 0 Å². The van der Waals surface area contributed by atoms with Crippen LogP contribution in [0.25, 0.3) is 11.0 Å². The summed E-state index contributed by atoms with van der Waals surface area (Å²) in [5, 5.41) is 10.5. The highest BCUT2D eigenvalue weighted by Gasteiger charge is 2.36. The first-order chi connectivity index (χ1) is 14.2. The Morgan fingerprint density at radius 2 is 1.83 bits per heavy atom. The number of hydrogen-bond acceptors (Lipinski definition) is 5. The van der Waals surface area contributed by atoms with Gasteiger partial charge in [-0.15, -0.1) is 0 Å². The van der Waals surface area contributed by atoms with Crippen molar-refractivity contribution in [1.82, 2.24) is 24.0 Å². The molecule has 0 bridgehead atoms. The number of aliphatic hydroxyl groups excluding tert-OH is 1. The number of amides is 1. The molecule has 1 amide bonds. The first-order valence-corrected chi connectivity index (χ1v) is 9.87. The largest absolute Gasteiger partial charge is 0.389 e. The Morgan fingerprint density at radius 1 is 1.13 bits per heavy atom. The molecule has 0 saturated carbocycles. The van der Waals surface area contributed by atoms with Crippen LogP contribution in [0, 0.1) is 27.7 Å². The highest BCUT2D eigenvalue weighted by molar-refractivity contribution is 5.82. The molecule has 4 rings (SSSR count). The number of hydrogen-bond donors (Lipinski definition) is 2. The number of rotatable bonds is 3. The summed E-state index contributed by atoms with van der Waals surface area (Å²) >= 11 is 0. The van der Waals surface area contributed by atoms with Crippen LogP contribution in [0.15, 0.2) is 27.9 Å². The number of fused-ring (bicyclic) bond motifs is 1. The van der Waals surface area contributed by atoms with Crippen molar-refractivity contribution >= 4 is 16.9 Å². The Bertz CT molecular complexity index is 1270. The Morgan fingerprint density at radius 3 is 2.57 bits per heavy atom. The van der Waals surface area contributed by atoms with Gasteiger partial charge in [-0.1, -0.05) is 0 Å². The molecule has 1 aliphatic heterocycles. The number of β-amino-alcohol motifs (C(OH)–C–C–N with tert-alkyl or cyclic N) is 1. The van der Waals surface area contributed by atoms with E-state index in [9.17, 15) is 19.5 Å². The molecule has 0 spiro atoms. The fraction of sp³-hybridized carbons (Fsp3) is 0.429. The number of nitrogens with zero attached hydrogens (tertiary/aromatic N) is 4. The van der Waals surface area contributed by atoms with Crippen molar-refractivity contribution in [3.63, 3.8) is 0 Å². The zero-order valence-electron chi connectivity index (χ0n) is 17.5. The van der Waals surface area contributed by atoms with Crippen LogP contribution in [-0.2, 0) is 11.3 Å². The van der Waals surface area contributed by atoms with Crippen LogP contribution in [-0.4, -0.2) is 54.2 Å². The molecular formula is C21H25N5O4. The lowest BCUT2D eigenvalue weighted by molar-refractivity contribution is -0.131. The number of carbonyl (C=O) groups excluding carboxylic acids is 1. The molecule has 1 aromatic carbocycles. The molecule has 158 valence electrons. The maximum absolute atomic E-state index is 13.0. The van der Waals surface area contributed by atoms with Gasteiger partial charge in [0.25, 0.3) is 5.56 Å². The highest BCUT2D eigenvalue weighted by Crippen LogP contribution is 2.24. The van der Waals surface area contributed by atoms with Gasteiger partial charge in [0.1, 0.15) is 12.4 Å². The minimum atomic E-state index is -0.900. The third kappa shape index (κ3) is 3.35. The molecule has 1 fully saturated rings. The van der Waals surface area contributed by atoms with Gasteiger partial charge in [-0.25, -0.2) is 9.78 Å².